The molecule has 3 rings (SSSR count). The first-order valence-electron chi connectivity index (χ1n) is 9.35. The van der Waals surface area contributed by atoms with Crippen LogP contribution in [0.15, 0.2) is 54.6 Å². The molecule has 0 aliphatic carbocycles. The van der Waals surface area contributed by atoms with Crippen LogP contribution in [0.5, 0.6) is 11.5 Å². The van der Waals surface area contributed by atoms with Crippen molar-refractivity contribution in [1.82, 2.24) is 15.3 Å². The molecule has 7 nitrogen and oxygen atoms in total. The molecule has 3 aromatic rings. The normalized spacial score (nSPS) is 10.3. The van der Waals surface area contributed by atoms with Crippen molar-refractivity contribution < 1.29 is 14.3 Å². The Morgan fingerprint density at radius 2 is 1.76 bits per heavy atom. The fourth-order valence-electron chi connectivity index (χ4n) is 2.83. The maximum atomic E-state index is 12.6. The van der Waals surface area contributed by atoms with E-state index in [4.69, 9.17) is 9.47 Å². The predicted octanol–water partition coefficient (Wildman–Crippen LogP) is 3.87. The summed E-state index contributed by atoms with van der Waals surface area (Å²) in [5.74, 6) is 1.46. The van der Waals surface area contributed by atoms with Crippen LogP contribution in [0.25, 0.3) is 0 Å². The fraction of sp³-hybridized carbons (Fsp3) is 0.227. The molecule has 0 aliphatic heterocycles. The van der Waals surface area contributed by atoms with Gasteiger partial charge in [0.25, 0.3) is 5.91 Å². The van der Waals surface area contributed by atoms with E-state index >= 15 is 0 Å². The van der Waals surface area contributed by atoms with Crippen LogP contribution in [-0.4, -0.2) is 29.6 Å². The molecule has 0 saturated heterocycles. The largest absolute Gasteiger partial charge is 0.496 e. The molecule has 2 aromatic carbocycles. The average molecular weight is 392 g/mol. The summed E-state index contributed by atoms with van der Waals surface area (Å²) in [7, 11) is 1.60. The lowest BCUT2D eigenvalue weighted by Crippen LogP contribution is -2.24. The van der Waals surface area contributed by atoms with Crippen molar-refractivity contribution in [3.63, 3.8) is 0 Å². The number of hydrogen-bond acceptors (Lipinski definition) is 6. The monoisotopic (exact) mass is 392 g/mol. The number of benzene rings is 2. The Kier molecular flexibility index (Phi) is 6.63. The SMILES string of the molecule is CCOc1ccccc1Nc1nc(C)cc(C(=O)NCc2ccccc2OC)n1. The number of aromatic nitrogens is 2. The molecule has 1 amide bonds. The number of carbonyl (C=O) groups is 1. The van der Waals surface area contributed by atoms with Crippen LogP contribution in [-0.2, 0) is 6.54 Å². The van der Waals surface area contributed by atoms with Gasteiger partial charge in [0.05, 0.1) is 19.4 Å². The highest BCUT2D eigenvalue weighted by Crippen LogP contribution is 2.26. The minimum absolute atomic E-state index is 0.281. The van der Waals surface area contributed by atoms with Gasteiger partial charge in [-0.15, -0.1) is 0 Å². The summed E-state index contributed by atoms with van der Waals surface area (Å²) in [4.78, 5) is 21.4. The van der Waals surface area contributed by atoms with Crippen molar-refractivity contribution >= 4 is 17.5 Å². The second-order valence-corrected chi connectivity index (χ2v) is 6.27. The second kappa shape index (κ2) is 9.54. The van der Waals surface area contributed by atoms with Crippen LogP contribution in [0, 0.1) is 6.92 Å². The Morgan fingerprint density at radius 1 is 1.03 bits per heavy atom. The molecule has 1 heterocycles. The third-order valence-electron chi connectivity index (χ3n) is 4.15. The van der Waals surface area contributed by atoms with Crippen LogP contribution >= 0.6 is 0 Å². The maximum Gasteiger partial charge on any atom is 0.270 e. The Bertz CT molecular complexity index is 991. The van der Waals surface area contributed by atoms with E-state index in [1.54, 1.807) is 13.2 Å². The summed E-state index contributed by atoms with van der Waals surface area (Å²) < 4.78 is 10.9. The van der Waals surface area contributed by atoms with E-state index in [1.807, 2.05) is 62.4 Å². The molecular formula is C22H24N4O3. The van der Waals surface area contributed by atoms with Crippen LogP contribution in [0.3, 0.4) is 0 Å². The standard InChI is InChI=1S/C22H24N4O3/c1-4-29-20-12-8-6-10-17(20)25-22-24-15(2)13-18(26-22)21(27)23-14-16-9-5-7-11-19(16)28-3/h5-13H,4,14H2,1-3H3,(H,23,27)(H,24,25,26). The maximum absolute atomic E-state index is 12.6. The van der Waals surface area contributed by atoms with E-state index in [0.717, 1.165) is 17.0 Å². The van der Waals surface area contributed by atoms with Gasteiger partial charge in [0.1, 0.15) is 17.2 Å². The van der Waals surface area contributed by atoms with Crippen molar-refractivity contribution in [2.45, 2.75) is 20.4 Å². The summed E-state index contributed by atoms with van der Waals surface area (Å²) in [6.45, 7) is 4.62. The van der Waals surface area contributed by atoms with Crippen molar-refractivity contribution in [2.75, 3.05) is 19.0 Å². The molecule has 0 atom stereocenters. The lowest BCUT2D eigenvalue weighted by atomic mass is 10.2. The van der Waals surface area contributed by atoms with E-state index in [0.29, 0.717) is 30.5 Å². The summed E-state index contributed by atoms with van der Waals surface area (Å²) in [5, 5.41) is 6.02. The van der Waals surface area contributed by atoms with E-state index < -0.39 is 0 Å². The number of rotatable bonds is 8. The van der Waals surface area contributed by atoms with E-state index in [9.17, 15) is 4.79 Å². The highest BCUT2D eigenvalue weighted by molar-refractivity contribution is 5.92. The number of amides is 1. The predicted molar refractivity (Wildman–Crippen MR) is 112 cm³/mol. The van der Waals surface area contributed by atoms with Crippen molar-refractivity contribution in [3.8, 4) is 11.5 Å². The minimum Gasteiger partial charge on any atom is -0.496 e. The average Bonchev–Trinajstić information content (AvgIpc) is 2.73. The zero-order chi connectivity index (χ0) is 20.6. The van der Waals surface area contributed by atoms with Gasteiger partial charge >= 0.3 is 0 Å². The zero-order valence-electron chi connectivity index (χ0n) is 16.7. The van der Waals surface area contributed by atoms with Crippen LogP contribution < -0.4 is 20.1 Å². The smallest absolute Gasteiger partial charge is 0.270 e. The van der Waals surface area contributed by atoms with Gasteiger partial charge in [0.15, 0.2) is 0 Å². The molecule has 0 spiro atoms. The third kappa shape index (κ3) is 5.22. The second-order valence-electron chi connectivity index (χ2n) is 6.27. The third-order valence-corrected chi connectivity index (χ3v) is 4.15. The first kappa shape index (κ1) is 20.1. The van der Waals surface area contributed by atoms with Gasteiger partial charge < -0.3 is 20.1 Å². The molecule has 7 heteroatoms. The van der Waals surface area contributed by atoms with Gasteiger partial charge in [-0.1, -0.05) is 30.3 Å². The molecule has 150 valence electrons. The van der Waals surface area contributed by atoms with Crippen molar-refractivity contribution in [1.29, 1.82) is 0 Å². The number of aryl methyl sites for hydroxylation is 1. The Balaban J connectivity index is 1.76. The molecule has 0 unspecified atom stereocenters. The topological polar surface area (TPSA) is 85.4 Å². The van der Waals surface area contributed by atoms with Gasteiger partial charge in [-0.05, 0) is 38.1 Å². The first-order chi connectivity index (χ1) is 14.1. The summed E-state index contributed by atoms with van der Waals surface area (Å²) in [5.41, 5.74) is 2.58. The van der Waals surface area contributed by atoms with Gasteiger partial charge in [-0.3, -0.25) is 4.79 Å². The number of carbonyl (C=O) groups excluding carboxylic acids is 1. The van der Waals surface area contributed by atoms with E-state index in [1.165, 1.54) is 0 Å². The number of hydrogen-bond donors (Lipinski definition) is 2. The summed E-state index contributed by atoms with van der Waals surface area (Å²) in [6.07, 6.45) is 0. The van der Waals surface area contributed by atoms with E-state index in [2.05, 4.69) is 20.6 Å². The number of nitrogens with one attached hydrogen (secondary N) is 2. The number of ether oxygens (including phenoxy) is 2. The molecule has 2 N–H and O–H groups in total. The first-order valence-corrected chi connectivity index (χ1v) is 9.35. The molecule has 0 radical (unpaired) electrons. The zero-order valence-corrected chi connectivity index (χ0v) is 16.7. The molecule has 0 bridgehead atoms. The quantitative estimate of drug-likeness (QED) is 0.605. The highest BCUT2D eigenvalue weighted by atomic mass is 16.5. The van der Waals surface area contributed by atoms with Crippen LogP contribution in [0.2, 0.25) is 0 Å². The van der Waals surface area contributed by atoms with Crippen LogP contribution in [0.1, 0.15) is 28.7 Å². The Morgan fingerprint density at radius 3 is 2.52 bits per heavy atom. The summed E-state index contributed by atoms with van der Waals surface area (Å²) >= 11 is 0. The Hall–Kier alpha value is -3.61. The summed E-state index contributed by atoms with van der Waals surface area (Å²) in [6, 6.07) is 16.7. The van der Waals surface area contributed by atoms with Gasteiger partial charge in [0.2, 0.25) is 5.95 Å². The molecule has 0 fully saturated rings. The molecular weight excluding hydrogens is 368 g/mol. The Labute approximate surface area is 170 Å². The van der Waals surface area contributed by atoms with Gasteiger partial charge in [-0.25, -0.2) is 9.97 Å². The number of nitrogens with zero attached hydrogens (tertiary/aromatic N) is 2. The highest BCUT2D eigenvalue weighted by Gasteiger charge is 2.13. The number of methoxy groups -OCH3 is 1. The van der Waals surface area contributed by atoms with Crippen LogP contribution in [0.4, 0.5) is 11.6 Å². The lowest BCUT2D eigenvalue weighted by molar-refractivity contribution is 0.0945. The molecule has 0 aliphatic rings. The lowest BCUT2D eigenvalue weighted by Gasteiger charge is -2.13. The van der Waals surface area contributed by atoms with Gasteiger partial charge in [0, 0.05) is 17.8 Å². The van der Waals surface area contributed by atoms with E-state index in [-0.39, 0.29) is 11.6 Å². The molecule has 1 aromatic heterocycles. The van der Waals surface area contributed by atoms with Crippen molar-refractivity contribution in [3.05, 3.63) is 71.5 Å². The number of para-hydroxylation sites is 3. The fourth-order valence-corrected chi connectivity index (χ4v) is 2.83. The van der Waals surface area contributed by atoms with Gasteiger partial charge in [-0.2, -0.15) is 0 Å². The molecule has 0 saturated carbocycles. The number of anilines is 2. The van der Waals surface area contributed by atoms with Crippen molar-refractivity contribution in [2.24, 2.45) is 0 Å². The minimum atomic E-state index is -0.289. The molecule has 29 heavy (non-hydrogen) atoms.